The van der Waals surface area contributed by atoms with Gasteiger partial charge >= 0.3 is 0 Å². The number of benzene rings is 2. The third-order valence-corrected chi connectivity index (χ3v) is 5.70. The maximum Gasteiger partial charge on any atom is 0.129 e. The van der Waals surface area contributed by atoms with E-state index in [1.807, 2.05) is 26.0 Å². The van der Waals surface area contributed by atoms with Crippen molar-refractivity contribution in [1.29, 1.82) is 0 Å². The zero-order chi connectivity index (χ0) is 19.4. The molecule has 0 atom stereocenters. The van der Waals surface area contributed by atoms with Gasteiger partial charge in [0, 0.05) is 16.5 Å². The number of Topliss-reactive ketones (excluding diaryl/α,β-unsaturated/α-hetero) is 1. The minimum Gasteiger partial charge on any atom is -0.300 e. The molecule has 0 aliphatic heterocycles. The highest BCUT2D eigenvalue weighted by Gasteiger charge is 2.12. The normalized spacial score (nSPS) is 10.7. The Morgan fingerprint density at radius 2 is 1.35 bits per heavy atom. The Bertz CT molecular complexity index is 757. The number of unbranched alkanes of at least 4 members (excludes halogenated alkanes) is 1. The lowest BCUT2D eigenvalue weighted by atomic mass is 9.92. The second-order valence-electron chi connectivity index (χ2n) is 7.01. The average Bonchev–Trinajstić information content (AvgIpc) is 2.56. The maximum atomic E-state index is 11.2. The molecule has 0 spiro atoms. The van der Waals surface area contributed by atoms with Gasteiger partial charge in [0.2, 0.25) is 0 Å². The Morgan fingerprint density at radius 1 is 0.885 bits per heavy atom. The van der Waals surface area contributed by atoms with Crippen molar-refractivity contribution in [2.45, 2.75) is 53.9 Å². The van der Waals surface area contributed by atoms with Crippen molar-refractivity contribution in [2.24, 2.45) is 0 Å². The molecule has 2 rings (SSSR count). The Labute approximate surface area is 167 Å². The third kappa shape index (κ3) is 4.99. The fraction of sp³-hybridized carbons (Fsp3) is 0.348. The highest BCUT2D eigenvalue weighted by molar-refractivity contribution is 6.32. The number of carbonyl (C=O) groups is 1. The van der Waals surface area contributed by atoms with Crippen LogP contribution < -0.4 is 0 Å². The van der Waals surface area contributed by atoms with Gasteiger partial charge in [-0.05, 0) is 98.5 Å². The fourth-order valence-electron chi connectivity index (χ4n) is 2.94. The van der Waals surface area contributed by atoms with Gasteiger partial charge < -0.3 is 4.79 Å². The van der Waals surface area contributed by atoms with Crippen molar-refractivity contribution in [3.63, 3.8) is 0 Å². The molecule has 0 aliphatic rings. The van der Waals surface area contributed by atoms with E-state index in [-0.39, 0.29) is 5.78 Å². The molecular weight excluding hydrogens is 363 g/mol. The number of hydrogen-bond acceptors (Lipinski definition) is 1. The molecular formula is C23H26Cl2O. The molecule has 0 aromatic heterocycles. The largest absolute Gasteiger partial charge is 0.300 e. The molecule has 0 aliphatic carbocycles. The quantitative estimate of drug-likeness (QED) is 0.470. The molecule has 0 radical (unpaired) electrons. The van der Waals surface area contributed by atoms with Crippen LogP contribution in [0.15, 0.2) is 30.3 Å². The summed E-state index contributed by atoms with van der Waals surface area (Å²) in [6.07, 6.45) is 4.48. The van der Waals surface area contributed by atoms with Gasteiger partial charge in [-0.1, -0.05) is 41.4 Å². The van der Waals surface area contributed by atoms with Crippen molar-refractivity contribution in [3.8, 4) is 0 Å². The maximum absolute atomic E-state index is 11.2. The van der Waals surface area contributed by atoms with E-state index >= 15 is 0 Å². The number of hydrogen-bond donors (Lipinski definition) is 0. The lowest BCUT2D eigenvalue weighted by Crippen LogP contribution is -1.95. The summed E-state index contributed by atoms with van der Waals surface area (Å²) < 4.78 is 0. The lowest BCUT2D eigenvalue weighted by molar-refractivity contribution is -0.117. The number of aryl methyl sites for hydroxylation is 2. The van der Waals surface area contributed by atoms with E-state index in [9.17, 15) is 4.79 Å². The summed E-state index contributed by atoms with van der Waals surface area (Å²) in [4.78, 5) is 11.2. The Balaban J connectivity index is 2.52. The molecule has 2 aromatic rings. The zero-order valence-electron chi connectivity index (χ0n) is 16.2. The van der Waals surface area contributed by atoms with E-state index in [4.69, 9.17) is 23.2 Å². The summed E-state index contributed by atoms with van der Waals surface area (Å²) in [5.41, 5.74) is 7.81. The van der Waals surface area contributed by atoms with Gasteiger partial charge in [0.25, 0.3) is 0 Å². The zero-order valence-corrected chi connectivity index (χ0v) is 17.7. The Morgan fingerprint density at radius 3 is 1.73 bits per heavy atom. The molecule has 0 amide bonds. The van der Waals surface area contributed by atoms with Crippen LogP contribution in [0.5, 0.6) is 0 Å². The predicted molar refractivity (Wildman–Crippen MR) is 113 cm³/mol. The predicted octanol–water partition coefficient (Wildman–Crippen LogP) is 7.42. The van der Waals surface area contributed by atoms with Gasteiger partial charge in [0.15, 0.2) is 0 Å². The van der Waals surface area contributed by atoms with Crippen molar-refractivity contribution < 1.29 is 4.79 Å². The fourth-order valence-corrected chi connectivity index (χ4v) is 3.48. The van der Waals surface area contributed by atoms with E-state index in [0.29, 0.717) is 6.42 Å². The summed E-state index contributed by atoms with van der Waals surface area (Å²) in [5, 5.41) is 1.54. The van der Waals surface area contributed by atoms with Crippen LogP contribution in [-0.4, -0.2) is 5.78 Å². The van der Waals surface area contributed by atoms with Crippen LogP contribution in [-0.2, 0) is 4.79 Å². The molecule has 2 aromatic carbocycles. The summed E-state index contributed by atoms with van der Waals surface area (Å²) in [6.45, 7) is 9.85. The summed E-state index contributed by atoms with van der Waals surface area (Å²) in [5.74, 6) is 0.225. The molecule has 1 nitrogen and oxygen atoms in total. The SMILES string of the molecule is CC(=O)CCCC=C(c1cc(C)c(C)c(Cl)c1)c1cc(C)c(C)c(Cl)c1. The monoisotopic (exact) mass is 388 g/mol. The third-order valence-electron chi connectivity index (χ3n) is 4.91. The summed E-state index contributed by atoms with van der Waals surface area (Å²) >= 11 is 12.9. The highest BCUT2D eigenvalue weighted by atomic mass is 35.5. The second kappa shape index (κ2) is 8.88. The highest BCUT2D eigenvalue weighted by Crippen LogP contribution is 2.33. The minimum absolute atomic E-state index is 0.225. The topological polar surface area (TPSA) is 17.1 Å². The van der Waals surface area contributed by atoms with Gasteiger partial charge in [0.05, 0.1) is 0 Å². The standard InChI is InChI=1S/C23H26Cl2O/c1-14-10-19(12-22(24)17(14)4)21(9-7-6-8-16(3)26)20-11-15(2)18(5)23(25)13-20/h9-13H,6-8H2,1-5H3. The molecule has 0 fully saturated rings. The lowest BCUT2D eigenvalue weighted by Gasteiger charge is -2.15. The molecule has 0 unspecified atom stereocenters. The van der Waals surface area contributed by atoms with Gasteiger partial charge in [0.1, 0.15) is 5.78 Å². The van der Waals surface area contributed by atoms with Crippen LogP contribution in [0.25, 0.3) is 5.57 Å². The van der Waals surface area contributed by atoms with Crippen LogP contribution in [0.4, 0.5) is 0 Å². The van der Waals surface area contributed by atoms with E-state index in [0.717, 1.165) is 61.8 Å². The summed E-state index contributed by atoms with van der Waals surface area (Å²) in [7, 11) is 0. The summed E-state index contributed by atoms with van der Waals surface area (Å²) in [6, 6.07) is 8.37. The first-order chi connectivity index (χ1) is 12.2. The minimum atomic E-state index is 0.225. The first-order valence-electron chi connectivity index (χ1n) is 8.94. The number of ketones is 1. The Hall–Kier alpha value is -1.57. The van der Waals surface area contributed by atoms with E-state index in [1.165, 1.54) is 0 Å². The Kier molecular flexibility index (Phi) is 7.08. The molecule has 0 N–H and O–H groups in total. The van der Waals surface area contributed by atoms with Crippen molar-refractivity contribution in [1.82, 2.24) is 0 Å². The van der Waals surface area contributed by atoms with E-state index in [1.54, 1.807) is 6.92 Å². The molecule has 0 saturated carbocycles. The second-order valence-corrected chi connectivity index (χ2v) is 7.83. The molecule has 138 valence electrons. The average molecular weight is 389 g/mol. The first-order valence-corrected chi connectivity index (χ1v) is 9.70. The van der Waals surface area contributed by atoms with Crippen LogP contribution in [0, 0.1) is 27.7 Å². The van der Waals surface area contributed by atoms with Gasteiger partial charge in [-0.2, -0.15) is 0 Å². The number of carbonyl (C=O) groups excluding carboxylic acids is 1. The number of allylic oxidation sites excluding steroid dienone is 1. The van der Waals surface area contributed by atoms with E-state index in [2.05, 4.69) is 32.1 Å². The van der Waals surface area contributed by atoms with Gasteiger partial charge in [-0.15, -0.1) is 0 Å². The van der Waals surface area contributed by atoms with Crippen LogP contribution in [0.3, 0.4) is 0 Å². The van der Waals surface area contributed by atoms with Crippen LogP contribution >= 0.6 is 23.2 Å². The molecule has 26 heavy (non-hydrogen) atoms. The van der Waals surface area contributed by atoms with Crippen molar-refractivity contribution >= 4 is 34.6 Å². The van der Waals surface area contributed by atoms with Gasteiger partial charge in [-0.3, -0.25) is 0 Å². The molecule has 3 heteroatoms. The first kappa shape index (κ1) is 20.7. The van der Waals surface area contributed by atoms with Crippen LogP contribution in [0.1, 0.15) is 59.6 Å². The molecule has 0 saturated heterocycles. The van der Waals surface area contributed by atoms with Crippen LogP contribution in [0.2, 0.25) is 10.0 Å². The number of rotatable bonds is 6. The van der Waals surface area contributed by atoms with Crippen molar-refractivity contribution in [3.05, 3.63) is 73.8 Å². The smallest absolute Gasteiger partial charge is 0.129 e. The molecule has 0 bridgehead atoms. The molecule has 0 heterocycles. The van der Waals surface area contributed by atoms with Gasteiger partial charge in [-0.25, -0.2) is 0 Å². The van der Waals surface area contributed by atoms with E-state index < -0.39 is 0 Å². The number of halogens is 2. The van der Waals surface area contributed by atoms with Crippen molar-refractivity contribution in [2.75, 3.05) is 0 Å².